The third-order valence-corrected chi connectivity index (χ3v) is 9.96. The van der Waals surface area contributed by atoms with Crippen molar-refractivity contribution < 1.29 is 8.83 Å². The summed E-state index contributed by atoms with van der Waals surface area (Å²) in [5.41, 5.74) is 10.4. The standard InChI is InChI=1S/C45H26BrN3O2/c46-33-22-19-28(20-23-33)31-8-5-7-30(25-31)27-15-17-29(18-16-27)43-47-44(32-21-24-41-38(26-32)35-10-2-3-13-39(35)50-41)49-45(48-43)37-12-6-11-36-34-9-1-4-14-40(34)51-42(36)37/h1-26H. The summed E-state index contributed by atoms with van der Waals surface area (Å²) in [4.78, 5) is 15.2. The van der Waals surface area contributed by atoms with E-state index < -0.39 is 0 Å². The summed E-state index contributed by atoms with van der Waals surface area (Å²) in [6.45, 7) is 0. The predicted molar refractivity (Wildman–Crippen MR) is 209 cm³/mol. The van der Waals surface area contributed by atoms with Crippen LogP contribution in [-0.4, -0.2) is 15.0 Å². The molecule has 10 aromatic rings. The molecule has 10 rings (SSSR count). The second kappa shape index (κ2) is 11.9. The van der Waals surface area contributed by atoms with Crippen LogP contribution in [0.15, 0.2) is 171 Å². The number of para-hydroxylation sites is 3. The zero-order valence-electron chi connectivity index (χ0n) is 27.0. The molecule has 0 atom stereocenters. The average Bonchev–Trinajstić information content (AvgIpc) is 3.76. The van der Waals surface area contributed by atoms with Gasteiger partial charge in [-0.15, -0.1) is 0 Å². The molecule has 0 aliphatic rings. The molecule has 0 bridgehead atoms. The molecular formula is C45H26BrN3O2. The number of halogens is 1. The Hall–Kier alpha value is -6.37. The van der Waals surface area contributed by atoms with Crippen molar-refractivity contribution in [1.82, 2.24) is 15.0 Å². The predicted octanol–water partition coefficient (Wildman–Crippen LogP) is 12.8. The Morgan fingerprint density at radius 3 is 1.63 bits per heavy atom. The van der Waals surface area contributed by atoms with Gasteiger partial charge in [-0.2, -0.15) is 0 Å². The van der Waals surface area contributed by atoms with Crippen LogP contribution in [0.25, 0.3) is 100 Å². The Morgan fingerprint density at radius 2 is 0.882 bits per heavy atom. The van der Waals surface area contributed by atoms with Crippen molar-refractivity contribution in [3.05, 3.63) is 162 Å². The molecule has 0 fully saturated rings. The minimum Gasteiger partial charge on any atom is -0.456 e. The number of nitrogens with zero attached hydrogens (tertiary/aromatic N) is 3. The van der Waals surface area contributed by atoms with Crippen LogP contribution in [0.5, 0.6) is 0 Å². The summed E-state index contributed by atoms with van der Waals surface area (Å²) >= 11 is 3.54. The number of rotatable bonds is 5. The van der Waals surface area contributed by atoms with E-state index in [1.165, 1.54) is 5.56 Å². The van der Waals surface area contributed by atoms with Gasteiger partial charge >= 0.3 is 0 Å². The molecule has 0 radical (unpaired) electrons. The zero-order valence-corrected chi connectivity index (χ0v) is 28.6. The molecule has 3 aromatic heterocycles. The lowest BCUT2D eigenvalue weighted by atomic mass is 9.98. The second-order valence-corrected chi connectivity index (χ2v) is 13.5. The molecule has 7 aromatic carbocycles. The smallest absolute Gasteiger partial charge is 0.167 e. The molecule has 0 aliphatic heterocycles. The van der Waals surface area contributed by atoms with Crippen molar-refractivity contribution in [2.75, 3.05) is 0 Å². The molecule has 0 saturated heterocycles. The summed E-state index contributed by atoms with van der Waals surface area (Å²) < 4.78 is 13.6. The maximum Gasteiger partial charge on any atom is 0.167 e. The van der Waals surface area contributed by atoms with Crippen molar-refractivity contribution >= 4 is 59.8 Å². The van der Waals surface area contributed by atoms with E-state index in [1.54, 1.807) is 0 Å². The number of aromatic nitrogens is 3. The number of fused-ring (bicyclic) bond motifs is 6. The van der Waals surface area contributed by atoms with Crippen LogP contribution < -0.4 is 0 Å². The van der Waals surface area contributed by atoms with Crippen LogP contribution in [0.3, 0.4) is 0 Å². The monoisotopic (exact) mass is 719 g/mol. The third kappa shape index (κ3) is 5.20. The van der Waals surface area contributed by atoms with E-state index in [2.05, 4.69) is 113 Å². The van der Waals surface area contributed by atoms with E-state index in [0.717, 1.165) is 81.7 Å². The Morgan fingerprint density at radius 1 is 0.353 bits per heavy atom. The Labute approximate surface area is 301 Å². The zero-order chi connectivity index (χ0) is 33.9. The first kappa shape index (κ1) is 29.5. The number of furan rings is 2. The highest BCUT2D eigenvalue weighted by atomic mass is 79.9. The van der Waals surface area contributed by atoms with Gasteiger partial charge in [0.2, 0.25) is 0 Å². The molecular weight excluding hydrogens is 694 g/mol. The van der Waals surface area contributed by atoms with E-state index >= 15 is 0 Å². The lowest BCUT2D eigenvalue weighted by Gasteiger charge is -2.10. The normalized spacial score (nSPS) is 11.6. The van der Waals surface area contributed by atoms with Gasteiger partial charge in [-0.05, 0) is 76.9 Å². The van der Waals surface area contributed by atoms with E-state index in [1.807, 2.05) is 60.7 Å². The van der Waals surface area contributed by atoms with Gasteiger partial charge in [0.25, 0.3) is 0 Å². The second-order valence-electron chi connectivity index (χ2n) is 12.6. The van der Waals surface area contributed by atoms with Gasteiger partial charge in [0, 0.05) is 37.1 Å². The molecule has 0 aliphatic carbocycles. The highest BCUT2D eigenvalue weighted by molar-refractivity contribution is 9.10. The van der Waals surface area contributed by atoms with E-state index in [9.17, 15) is 0 Å². The summed E-state index contributed by atoms with van der Waals surface area (Å²) in [5, 5.41) is 4.14. The van der Waals surface area contributed by atoms with Gasteiger partial charge in [-0.25, -0.2) is 15.0 Å². The number of benzene rings is 7. The Balaban J connectivity index is 1.11. The summed E-state index contributed by atoms with van der Waals surface area (Å²) in [6.07, 6.45) is 0. The Kier molecular flexibility index (Phi) is 6.89. The van der Waals surface area contributed by atoms with Crippen LogP contribution in [0.4, 0.5) is 0 Å². The van der Waals surface area contributed by atoms with Crippen molar-refractivity contribution in [3.8, 4) is 56.4 Å². The van der Waals surface area contributed by atoms with Gasteiger partial charge < -0.3 is 8.83 Å². The largest absolute Gasteiger partial charge is 0.456 e. The fourth-order valence-electron chi connectivity index (χ4n) is 6.88. The van der Waals surface area contributed by atoms with Crippen LogP contribution in [0.2, 0.25) is 0 Å². The van der Waals surface area contributed by atoms with Crippen LogP contribution >= 0.6 is 15.9 Å². The molecule has 0 unspecified atom stereocenters. The first-order chi connectivity index (χ1) is 25.1. The van der Waals surface area contributed by atoms with Crippen molar-refractivity contribution in [3.63, 3.8) is 0 Å². The van der Waals surface area contributed by atoms with Gasteiger partial charge in [0.05, 0.1) is 5.56 Å². The van der Waals surface area contributed by atoms with E-state index in [0.29, 0.717) is 17.5 Å². The van der Waals surface area contributed by atoms with E-state index in [-0.39, 0.29) is 0 Å². The van der Waals surface area contributed by atoms with Crippen LogP contribution in [0.1, 0.15) is 0 Å². The highest BCUT2D eigenvalue weighted by Crippen LogP contribution is 2.37. The fourth-order valence-corrected chi connectivity index (χ4v) is 7.14. The Bertz CT molecular complexity index is 2930. The van der Waals surface area contributed by atoms with Gasteiger partial charge in [-0.1, -0.05) is 119 Å². The minimum atomic E-state index is 0.545. The molecule has 240 valence electrons. The molecule has 0 spiro atoms. The van der Waals surface area contributed by atoms with Crippen molar-refractivity contribution in [2.24, 2.45) is 0 Å². The number of hydrogen-bond acceptors (Lipinski definition) is 5. The van der Waals surface area contributed by atoms with Crippen LogP contribution in [0, 0.1) is 0 Å². The van der Waals surface area contributed by atoms with Gasteiger partial charge in [-0.3, -0.25) is 0 Å². The highest BCUT2D eigenvalue weighted by Gasteiger charge is 2.18. The molecule has 0 amide bonds. The summed E-state index contributed by atoms with van der Waals surface area (Å²) in [7, 11) is 0. The lowest BCUT2D eigenvalue weighted by molar-refractivity contribution is 0.669. The molecule has 5 nitrogen and oxygen atoms in total. The van der Waals surface area contributed by atoms with Crippen molar-refractivity contribution in [2.45, 2.75) is 0 Å². The van der Waals surface area contributed by atoms with E-state index in [4.69, 9.17) is 23.8 Å². The molecule has 3 heterocycles. The quantitative estimate of drug-likeness (QED) is 0.177. The molecule has 51 heavy (non-hydrogen) atoms. The average molecular weight is 721 g/mol. The maximum atomic E-state index is 6.42. The van der Waals surface area contributed by atoms with Crippen LogP contribution in [-0.2, 0) is 0 Å². The first-order valence-electron chi connectivity index (χ1n) is 16.7. The minimum absolute atomic E-state index is 0.545. The third-order valence-electron chi connectivity index (χ3n) is 9.43. The SMILES string of the molecule is Brc1ccc(-c2cccc(-c3ccc(-c4nc(-c5ccc6oc7ccccc7c6c5)nc(-c5cccc6c5oc5ccccc56)n4)cc3)c2)cc1. The van der Waals surface area contributed by atoms with Gasteiger partial charge in [0.1, 0.15) is 22.3 Å². The topological polar surface area (TPSA) is 65.0 Å². The fraction of sp³-hybridized carbons (Fsp3) is 0. The molecule has 0 saturated carbocycles. The molecule has 0 N–H and O–H groups in total. The lowest BCUT2D eigenvalue weighted by Crippen LogP contribution is -2.00. The van der Waals surface area contributed by atoms with Crippen molar-refractivity contribution in [1.29, 1.82) is 0 Å². The summed E-state index contributed by atoms with van der Waals surface area (Å²) in [6, 6.07) is 53.8. The number of hydrogen-bond donors (Lipinski definition) is 0. The maximum absolute atomic E-state index is 6.42. The summed E-state index contributed by atoms with van der Waals surface area (Å²) in [5.74, 6) is 1.69. The first-order valence-corrected chi connectivity index (χ1v) is 17.5. The van der Waals surface area contributed by atoms with Gasteiger partial charge in [0.15, 0.2) is 17.5 Å². The molecule has 6 heteroatoms.